The van der Waals surface area contributed by atoms with Crippen LogP contribution in [0.15, 0.2) is 18.2 Å². The molecule has 1 aliphatic rings. The number of aliphatic hydroxyl groups excluding tert-OH is 1. The lowest BCUT2D eigenvalue weighted by Gasteiger charge is -2.34. The molecule has 0 aromatic heterocycles. The molecule has 1 aliphatic heterocycles. The normalized spacial score (nSPS) is 19.6. The van der Waals surface area contributed by atoms with Gasteiger partial charge in [0.15, 0.2) is 0 Å². The summed E-state index contributed by atoms with van der Waals surface area (Å²) >= 11 is 0. The van der Waals surface area contributed by atoms with E-state index in [1.165, 1.54) is 19.3 Å². The lowest BCUT2D eigenvalue weighted by molar-refractivity contribution is 0.282. The summed E-state index contributed by atoms with van der Waals surface area (Å²) in [4.78, 5) is 2.32. The molecule has 0 saturated carbocycles. The number of anilines is 1. The van der Waals surface area contributed by atoms with E-state index in [9.17, 15) is 5.26 Å². The first kappa shape index (κ1) is 12.9. The Balaban J connectivity index is 2.24. The van der Waals surface area contributed by atoms with Crippen molar-refractivity contribution in [2.45, 2.75) is 32.8 Å². The average molecular weight is 244 g/mol. The first-order valence-electron chi connectivity index (χ1n) is 6.67. The average Bonchev–Trinajstić information content (AvgIpc) is 2.46. The Kier molecular flexibility index (Phi) is 4.22. The largest absolute Gasteiger partial charge is 0.392 e. The van der Waals surface area contributed by atoms with Crippen molar-refractivity contribution in [3.05, 3.63) is 29.3 Å². The van der Waals surface area contributed by atoms with Crippen LogP contribution in [0.4, 0.5) is 5.69 Å². The van der Waals surface area contributed by atoms with Gasteiger partial charge in [-0.1, -0.05) is 19.4 Å². The zero-order valence-corrected chi connectivity index (χ0v) is 10.9. The second-order valence-corrected chi connectivity index (χ2v) is 4.98. The number of benzene rings is 1. The van der Waals surface area contributed by atoms with Gasteiger partial charge in [-0.25, -0.2) is 0 Å². The Morgan fingerprint density at radius 1 is 1.50 bits per heavy atom. The van der Waals surface area contributed by atoms with E-state index in [1.807, 2.05) is 12.1 Å². The molecule has 1 aromatic rings. The van der Waals surface area contributed by atoms with Crippen molar-refractivity contribution in [1.29, 1.82) is 5.26 Å². The van der Waals surface area contributed by atoms with Crippen LogP contribution in [0.5, 0.6) is 0 Å². The molecule has 1 unspecified atom stereocenters. The van der Waals surface area contributed by atoms with Crippen LogP contribution in [0.25, 0.3) is 0 Å². The molecule has 1 N–H and O–H groups in total. The maximum Gasteiger partial charge on any atom is 0.101 e. The van der Waals surface area contributed by atoms with Gasteiger partial charge in [0.05, 0.1) is 17.9 Å². The van der Waals surface area contributed by atoms with Crippen LogP contribution >= 0.6 is 0 Å². The third-order valence-electron chi connectivity index (χ3n) is 3.80. The molecule has 0 aliphatic carbocycles. The second kappa shape index (κ2) is 5.88. The standard InChI is InChI=1S/C15H20N2O/c1-2-12-4-3-7-17(10-12)15-6-5-13(11-18)8-14(15)9-16/h5-6,8,12,18H,2-4,7,10-11H2,1H3. The summed E-state index contributed by atoms with van der Waals surface area (Å²) in [6, 6.07) is 7.93. The smallest absolute Gasteiger partial charge is 0.101 e. The summed E-state index contributed by atoms with van der Waals surface area (Å²) in [5, 5.41) is 18.3. The Bertz CT molecular complexity index is 450. The number of hydrogen-bond acceptors (Lipinski definition) is 3. The highest BCUT2D eigenvalue weighted by atomic mass is 16.3. The Labute approximate surface area is 109 Å². The number of nitrogens with zero attached hydrogens (tertiary/aromatic N) is 2. The van der Waals surface area contributed by atoms with Gasteiger partial charge in [-0.05, 0) is 36.5 Å². The van der Waals surface area contributed by atoms with Gasteiger partial charge in [-0.3, -0.25) is 0 Å². The van der Waals surface area contributed by atoms with Gasteiger partial charge in [-0.2, -0.15) is 5.26 Å². The highest BCUT2D eigenvalue weighted by Gasteiger charge is 2.20. The van der Waals surface area contributed by atoms with Crippen LogP contribution in [-0.2, 0) is 6.61 Å². The number of hydrogen-bond donors (Lipinski definition) is 1. The van der Waals surface area contributed by atoms with Gasteiger partial charge < -0.3 is 10.0 Å². The molecule has 1 saturated heterocycles. The number of nitriles is 1. The van der Waals surface area contributed by atoms with Crippen LogP contribution in [0.2, 0.25) is 0 Å². The van der Waals surface area contributed by atoms with E-state index in [0.717, 1.165) is 30.3 Å². The summed E-state index contributed by atoms with van der Waals surface area (Å²) in [6.07, 6.45) is 3.70. The molecule has 1 aromatic carbocycles. The van der Waals surface area contributed by atoms with Gasteiger partial charge in [-0.15, -0.1) is 0 Å². The Morgan fingerprint density at radius 3 is 3.00 bits per heavy atom. The van der Waals surface area contributed by atoms with Crippen molar-refractivity contribution in [1.82, 2.24) is 0 Å². The van der Waals surface area contributed by atoms with E-state index >= 15 is 0 Å². The van der Waals surface area contributed by atoms with Gasteiger partial charge in [0, 0.05) is 13.1 Å². The molecule has 1 heterocycles. The molecule has 3 nitrogen and oxygen atoms in total. The van der Waals surface area contributed by atoms with Gasteiger partial charge in [0.25, 0.3) is 0 Å². The molecule has 0 bridgehead atoms. The zero-order chi connectivity index (χ0) is 13.0. The fourth-order valence-corrected chi connectivity index (χ4v) is 2.66. The topological polar surface area (TPSA) is 47.3 Å². The zero-order valence-electron chi connectivity index (χ0n) is 10.9. The SMILES string of the molecule is CCC1CCCN(c2ccc(CO)cc2C#N)C1. The molecule has 96 valence electrons. The van der Waals surface area contributed by atoms with Crippen LogP contribution in [0.1, 0.15) is 37.3 Å². The van der Waals surface area contributed by atoms with Crippen LogP contribution < -0.4 is 4.90 Å². The third kappa shape index (κ3) is 2.65. The number of piperidine rings is 1. The second-order valence-electron chi connectivity index (χ2n) is 4.98. The van der Waals surface area contributed by atoms with Crippen LogP contribution in [0.3, 0.4) is 0 Å². The summed E-state index contributed by atoms with van der Waals surface area (Å²) in [5.74, 6) is 0.739. The molecule has 0 amide bonds. The summed E-state index contributed by atoms with van der Waals surface area (Å²) in [6.45, 7) is 4.30. The van der Waals surface area contributed by atoms with Crippen molar-refractivity contribution in [2.24, 2.45) is 5.92 Å². The van der Waals surface area contributed by atoms with E-state index in [1.54, 1.807) is 6.07 Å². The van der Waals surface area contributed by atoms with E-state index in [4.69, 9.17) is 5.11 Å². The molecular formula is C15H20N2O. The van der Waals surface area contributed by atoms with Gasteiger partial charge in [0.2, 0.25) is 0 Å². The van der Waals surface area contributed by atoms with Crippen molar-refractivity contribution >= 4 is 5.69 Å². The minimum atomic E-state index is -0.00740. The highest BCUT2D eigenvalue weighted by molar-refractivity contribution is 5.60. The fourth-order valence-electron chi connectivity index (χ4n) is 2.66. The summed E-state index contributed by atoms with van der Waals surface area (Å²) in [7, 11) is 0. The van der Waals surface area contributed by atoms with Crippen LogP contribution in [0, 0.1) is 17.2 Å². The molecule has 1 atom stereocenters. The molecular weight excluding hydrogens is 224 g/mol. The monoisotopic (exact) mass is 244 g/mol. The minimum Gasteiger partial charge on any atom is -0.392 e. The van der Waals surface area contributed by atoms with Crippen molar-refractivity contribution in [3.63, 3.8) is 0 Å². The highest BCUT2D eigenvalue weighted by Crippen LogP contribution is 2.28. The fraction of sp³-hybridized carbons (Fsp3) is 0.533. The molecule has 3 heteroatoms. The maximum atomic E-state index is 9.23. The predicted octanol–water partition coefficient (Wildman–Crippen LogP) is 2.68. The molecule has 18 heavy (non-hydrogen) atoms. The van der Waals surface area contributed by atoms with E-state index in [0.29, 0.717) is 5.56 Å². The number of aliphatic hydroxyl groups is 1. The Hall–Kier alpha value is -1.53. The van der Waals surface area contributed by atoms with Gasteiger partial charge in [0.1, 0.15) is 6.07 Å². The van der Waals surface area contributed by atoms with E-state index in [-0.39, 0.29) is 6.61 Å². The van der Waals surface area contributed by atoms with Crippen molar-refractivity contribution in [2.75, 3.05) is 18.0 Å². The molecule has 1 fully saturated rings. The summed E-state index contributed by atoms with van der Waals surface area (Å²) < 4.78 is 0. The van der Waals surface area contributed by atoms with E-state index < -0.39 is 0 Å². The summed E-state index contributed by atoms with van der Waals surface area (Å²) in [5.41, 5.74) is 2.51. The third-order valence-corrected chi connectivity index (χ3v) is 3.80. The lowest BCUT2D eigenvalue weighted by atomic mass is 9.94. The first-order chi connectivity index (χ1) is 8.78. The predicted molar refractivity (Wildman–Crippen MR) is 72.3 cm³/mol. The molecule has 2 rings (SSSR count). The quantitative estimate of drug-likeness (QED) is 0.889. The Morgan fingerprint density at radius 2 is 2.33 bits per heavy atom. The van der Waals surface area contributed by atoms with Crippen LogP contribution in [-0.4, -0.2) is 18.2 Å². The van der Waals surface area contributed by atoms with Crippen molar-refractivity contribution in [3.8, 4) is 6.07 Å². The maximum absolute atomic E-state index is 9.23. The number of rotatable bonds is 3. The first-order valence-corrected chi connectivity index (χ1v) is 6.67. The van der Waals surface area contributed by atoms with Gasteiger partial charge >= 0.3 is 0 Å². The molecule has 0 spiro atoms. The molecule has 0 radical (unpaired) electrons. The minimum absolute atomic E-state index is 0.00740. The van der Waals surface area contributed by atoms with Crippen molar-refractivity contribution < 1.29 is 5.11 Å². The lowest BCUT2D eigenvalue weighted by Crippen LogP contribution is -2.35. The van der Waals surface area contributed by atoms with E-state index in [2.05, 4.69) is 17.9 Å².